The van der Waals surface area contributed by atoms with Gasteiger partial charge in [-0.2, -0.15) is 0 Å². The Hall–Kier alpha value is -2.29. The van der Waals surface area contributed by atoms with Crippen LogP contribution in [0.4, 0.5) is 0 Å². The van der Waals surface area contributed by atoms with E-state index in [1.54, 1.807) is 0 Å². The fourth-order valence-electron chi connectivity index (χ4n) is 5.43. The van der Waals surface area contributed by atoms with E-state index in [4.69, 9.17) is 4.98 Å². The molecule has 3 aromatic rings. The van der Waals surface area contributed by atoms with Gasteiger partial charge in [0.2, 0.25) is 0 Å². The number of rotatable bonds is 4. The average molecular weight is 761 g/mol. The molecule has 0 spiro atoms. The second-order valence-corrected chi connectivity index (χ2v) is 15.4. The molecule has 1 saturated carbocycles. The SMILES string of the molecule is CC(C)(C)C(=O)/C=C(\O)C(C)(C)C.Cc1[c-]c(-c2nccc3cc(C(C)C4CCCCC4)ccc23)cc(C(C)(C)C)c1.[Ir]. The third kappa shape index (κ3) is 10.1. The number of hydrogen-bond donors (Lipinski definition) is 1. The van der Waals surface area contributed by atoms with Crippen molar-refractivity contribution in [2.75, 3.05) is 0 Å². The zero-order chi connectivity index (χ0) is 31.5. The van der Waals surface area contributed by atoms with Crippen LogP contribution in [-0.2, 0) is 30.3 Å². The monoisotopic (exact) mass is 761 g/mol. The van der Waals surface area contributed by atoms with E-state index >= 15 is 0 Å². The molecule has 0 bridgehead atoms. The second kappa shape index (κ2) is 14.7. The fraction of sp³-hybridized carbons (Fsp3) is 0.538. The van der Waals surface area contributed by atoms with Gasteiger partial charge in [-0.1, -0.05) is 114 Å². The number of carbonyl (C=O) groups is 1. The molecule has 2 aromatic carbocycles. The molecule has 1 heterocycles. The van der Waals surface area contributed by atoms with Crippen LogP contribution in [0, 0.1) is 29.7 Å². The molecule has 1 radical (unpaired) electrons. The molecule has 0 saturated heterocycles. The molecule has 43 heavy (non-hydrogen) atoms. The van der Waals surface area contributed by atoms with Gasteiger partial charge in [0.05, 0.1) is 0 Å². The fourth-order valence-corrected chi connectivity index (χ4v) is 5.43. The summed E-state index contributed by atoms with van der Waals surface area (Å²) in [6.45, 7) is 22.5. The quantitative estimate of drug-likeness (QED) is 0.164. The van der Waals surface area contributed by atoms with Gasteiger partial charge in [0.25, 0.3) is 0 Å². The Kier molecular flexibility index (Phi) is 12.6. The summed E-state index contributed by atoms with van der Waals surface area (Å²) >= 11 is 0. The number of pyridine rings is 1. The van der Waals surface area contributed by atoms with Gasteiger partial charge in [-0.3, -0.25) is 4.79 Å². The van der Waals surface area contributed by atoms with E-state index in [1.807, 2.05) is 47.7 Å². The van der Waals surface area contributed by atoms with E-state index in [-0.39, 0.29) is 42.5 Å². The Morgan fingerprint density at radius 3 is 2.12 bits per heavy atom. The Balaban J connectivity index is 0.000000394. The molecule has 1 aromatic heterocycles. The van der Waals surface area contributed by atoms with E-state index in [1.165, 1.54) is 65.6 Å². The molecule has 237 valence electrons. The standard InChI is InChI=1S/C28H34N.C11H20O2.Ir/c1-19-15-24(18-25(16-19)28(3,4)5)27-26-12-11-22(17-23(26)13-14-29-27)20(2)21-9-7-6-8-10-21;1-10(2,3)8(12)7-9(13)11(4,5)6;/h11-14,16-18,20-21H,6-10H2,1-5H3;7,12H,1-6H3;/q-1;;/b;8-7-;. The molecule has 0 aliphatic heterocycles. The first kappa shape index (κ1) is 36.9. The van der Waals surface area contributed by atoms with Gasteiger partial charge in [0.1, 0.15) is 5.76 Å². The minimum Gasteiger partial charge on any atom is -0.512 e. The number of aromatic nitrogens is 1. The molecule has 1 fully saturated rings. The van der Waals surface area contributed by atoms with Crippen molar-refractivity contribution in [3.63, 3.8) is 0 Å². The minimum absolute atomic E-state index is 0. The first-order valence-corrected chi connectivity index (χ1v) is 15.8. The summed E-state index contributed by atoms with van der Waals surface area (Å²) in [4.78, 5) is 16.3. The summed E-state index contributed by atoms with van der Waals surface area (Å²) in [6, 6.07) is 17.3. The van der Waals surface area contributed by atoms with Crippen molar-refractivity contribution in [3.8, 4) is 11.3 Å². The second-order valence-electron chi connectivity index (χ2n) is 15.4. The molecule has 4 rings (SSSR count). The van der Waals surface area contributed by atoms with Crippen LogP contribution >= 0.6 is 0 Å². The van der Waals surface area contributed by atoms with Gasteiger partial charge in [-0.25, -0.2) is 0 Å². The van der Waals surface area contributed by atoms with Crippen molar-refractivity contribution in [1.82, 2.24) is 4.98 Å². The van der Waals surface area contributed by atoms with Crippen LogP contribution in [0.5, 0.6) is 0 Å². The molecule has 1 unspecified atom stereocenters. The van der Waals surface area contributed by atoms with Gasteiger partial charge in [0, 0.05) is 43.2 Å². The number of aliphatic hydroxyl groups is 1. The predicted octanol–water partition coefficient (Wildman–Crippen LogP) is 11.1. The maximum atomic E-state index is 11.5. The van der Waals surface area contributed by atoms with Crippen molar-refractivity contribution in [2.24, 2.45) is 16.7 Å². The third-order valence-corrected chi connectivity index (χ3v) is 8.57. The first-order valence-electron chi connectivity index (χ1n) is 15.8. The first-order chi connectivity index (χ1) is 19.4. The van der Waals surface area contributed by atoms with Crippen molar-refractivity contribution in [2.45, 2.75) is 120 Å². The van der Waals surface area contributed by atoms with Gasteiger partial charge >= 0.3 is 0 Å². The van der Waals surface area contributed by atoms with Gasteiger partial charge < -0.3 is 10.1 Å². The Bertz CT molecular complexity index is 1410. The number of hydrogen-bond acceptors (Lipinski definition) is 3. The predicted molar refractivity (Wildman–Crippen MR) is 179 cm³/mol. The number of carbonyl (C=O) groups excluding carboxylic acids is 1. The Morgan fingerprint density at radius 1 is 0.930 bits per heavy atom. The molecule has 0 amide bonds. The molecule has 1 aliphatic carbocycles. The van der Waals surface area contributed by atoms with Crippen molar-refractivity contribution in [3.05, 3.63) is 77.2 Å². The summed E-state index contributed by atoms with van der Waals surface area (Å²) in [5.41, 5.74) is 5.49. The smallest absolute Gasteiger partial charge is 0.164 e. The van der Waals surface area contributed by atoms with Crippen LogP contribution in [0.2, 0.25) is 0 Å². The van der Waals surface area contributed by atoms with Crippen LogP contribution in [0.25, 0.3) is 22.0 Å². The summed E-state index contributed by atoms with van der Waals surface area (Å²) in [6.07, 6.45) is 10.3. The minimum atomic E-state index is -0.417. The molecule has 1 N–H and O–H groups in total. The maximum Gasteiger partial charge on any atom is 0.164 e. The van der Waals surface area contributed by atoms with Crippen LogP contribution in [0.15, 0.2) is 54.4 Å². The number of fused-ring (bicyclic) bond motifs is 1. The van der Waals surface area contributed by atoms with Crippen LogP contribution in [-0.4, -0.2) is 15.9 Å². The van der Waals surface area contributed by atoms with E-state index in [0.717, 1.165) is 17.2 Å². The zero-order valence-corrected chi connectivity index (χ0v) is 30.8. The number of aliphatic hydroxyl groups excluding tert-OH is 1. The zero-order valence-electron chi connectivity index (χ0n) is 28.4. The third-order valence-electron chi connectivity index (χ3n) is 8.57. The Labute approximate surface area is 275 Å². The van der Waals surface area contributed by atoms with E-state index in [9.17, 15) is 9.90 Å². The summed E-state index contributed by atoms with van der Waals surface area (Å²) in [7, 11) is 0. The van der Waals surface area contributed by atoms with Gasteiger partial charge in [-0.05, 0) is 58.2 Å². The number of benzene rings is 2. The van der Waals surface area contributed by atoms with Crippen LogP contribution < -0.4 is 0 Å². The number of nitrogens with zero attached hydrogens (tertiary/aromatic N) is 1. The van der Waals surface area contributed by atoms with Gasteiger partial charge in [0.15, 0.2) is 5.78 Å². The Morgan fingerprint density at radius 2 is 1.56 bits per heavy atom. The largest absolute Gasteiger partial charge is 0.512 e. The van der Waals surface area contributed by atoms with E-state index < -0.39 is 5.41 Å². The molecule has 1 atom stereocenters. The molecule has 3 nitrogen and oxygen atoms in total. The number of ketones is 1. The normalized spacial score (nSPS) is 15.7. The molecule has 1 aliphatic rings. The summed E-state index contributed by atoms with van der Waals surface area (Å²) in [5, 5.41) is 12.1. The number of allylic oxidation sites excluding steroid dienone is 2. The van der Waals surface area contributed by atoms with E-state index in [0.29, 0.717) is 5.92 Å². The van der Waals surface area contributed by atoms with Crippen LogP contribution in [0.1, 0.15) is 124 Å². The van der Waals surface area contributed by atoms with Gasteiger partial charge in [-0.15, -0.1) is 34.9 Å². The summed E-state index contributed by atoms with van der Waals surface area (Å²) in [5.74, 6) is 1.57. The topological polar surface area (TPSA) is 50.2 Å². The summed E-state index contributed by atoms with van der Waals surface area (Å²) < 4.78 is 0. The number of aryl methyl sites for hydroxylation is 1. The maximum absolute atomic E-state index is 11.5. The van der Waals surface area contributed by atoms with E-state index in [2.05, 4.69) is 77.1 Å². The van der Waals surface area contributed by atoms with Crippen molar-refractivity contribution >= 4 is 16.6 Å². The average Bonchev–Trinajstić information content (AvgIpc) is 2.91. The van der Waals surface area contributed by atoms with Crippen molar-refractivity contribution in [1.29, 1.82) is 0 Å². The van der Waals surface area contributed by atoms with Crippen molar-refractivity contribution < 1.29 is 30.0 Å². The van der Waals surface area contributed by atoms with Crippen LogP contribution in [0.3, 0.4) is 0 Å². The molecular formula is C39H54IrNO2-. The molecular weight excluding hydrogens is 707 g/mol. The molecule has 4 heteroatoms.